The molecule has 3 heteroatoms. The summed E-state index contributed by atoms with van der Waals surface area (Å²) in [6.45, 7) is 5.49. The molecule has 1 fully saturated rings. The van der Waals surface area contributed by atoms with Crippen LogP contribution in [0.15, 0.2) is 24.3 Å². The van der Waals surface area contributed by atoms with E-state index in [9.17, 15) is 5.11 Å². The summed E-state index contributed by atoms with van der Waals surface area (Å²) < 4.78 is 0. The van der Waals surface area contributed by atoms with Gasteiger partial charge in [-0.3, -0.25) is 4.90 Å². The number of benzene rings is 1. The lowest BCUT2D eigenvalue weighted by atomic mass is 9.99. The van der Waals surface area contributed by atoms with Gasteiger partial charge in [0, 0.05) is 17.9 Å². The Labute approximate surface area is 105 Å². The molecule has 0 aliphatic carbocycles. The van der Waals surface area contributed by atoms with Crippen molar-refractivity contribution in [2.24, 2.45) is 5.92 Å². The van der Waals surface area contributed by atoms with Crippen LogP contribution < -0.4 is 0 Å². The summed E-state index contributed by atoms with van der Waals surface area (Å²) in [6, 6.07) is 7.55. The molecule has 2 nitrogen and oxygen atoms in total. The van der Waals surface area contributed by atoms with Crippen molar-refractivity contribution in [2.75, 3.05) is 13.1 Å². The van der Waals surface area contributed by atoms with Crippen LogP contribution in [0.1, 0.15) is 18.9 Å². The van der Waals surface area contributed by atoms with Crippen LogP contribution in [0.3, 0.4) is 0 Å². The molecule has 1 saturated heterocycles. The summed E-state index contributed by atoms with van der Waals surface area (Å²) >= 11 is 3.71. The maximum atomic E-state index is 9.41. The van der Waals surface area contributed by atoms with E-state index in [-0.39, 0.29) is 0 Å². The minimum Gasteiger partial charge on any atom is -0.508 e. The number of aromatic hydroxyl groups is 1. The number of phenols is 1. The lowest BCUT2D eigenvalue weighted by molar-refractivity contribution is 0.183. The summed E-state index contributed by atoms with van der Waals surface area (Å²) in [5.74, 6) is 1.06. The van der Waals surface area contributed by atoms with Gasteiger partial charge >= 0.3 is 0 Å². The molecule has 1 heterocycles. The first-order valence-electron chi connectivity index (χ1n) is 5.79. The zero-order valence-corrected chi connectivity index (χ0v) is 11.2. The van der Waals surface area contributed by atoms with E-state index >= 15 is 0 Å². The normalized spacial score (nSPS) is 26.9. The molecule has 0 aromatic heterocycles. The van der Waals surface area contributed by atoms with Gasteiger partial charge in [0.2, 0.25) is 0 Å². The van der Waals surface area contributed by atoms with Crippen LogP contribution in [0.4, 0.5) is 0 Å². The molecule has 2 unspecified atom stereocenters. The third kappa shape index (κ3) is 2.98. The van der Waals surface area contributed by atoms with Crippen LogP contribution in [-0.4, -0.2) is 27.9 Å². The molecule has 2 atom stereocenters. The molecule has 0 radical (unpaired) electrons. The van der Waals surface area contributed by atoms with E-state index < -0.39 is 0 Å². The monoisotopic (exact) mass is 283 g/mol. The highest BCUT2D eigenvalue weighted by molar-refractivity contribution is 9.09. The Balaban J connectivity index is 1.95. The van der Waals surface area contributed by atoms with Crippen molar-refractivity contribution in [1.82, 2.24) is 4.90 Å². The average Bonchev–Trinajstić information content (AvgIpc) is 2.24. The minimum absolute atomic E-state index is 0.362. The maximum absolute atomic E-state index is 9.41. The van der Waals surface area contributed by atoms with Crippen molar-refractivity contribution < 1.29 is 5.11 Å². The number of alkyl halides is 1. The number of hydrogen-bond acceptors (Lipinski definition) is 2. The molecule has 1 aromatic rings. The van der Waals surface area contributed by atoms with Crippen LogP contribution >= 0.6 is 15.9 Å². The van der Waals surface area contributed by atoms with E-state index in [1.165, 1.54) is 12.0 Å². The molecular formula is C13H18BrNO. The van der Waals surface area contributed by atoms with Gasteiger partial charge in [-0.2, -0.15) is 0 Å². The van der Waals surface area contributed by atoms with Crippen LogP contribution in [0, 0.1) is 5.92 Å². The molecule has 1 aromatic carbocycles. The molecule has 0 bridgehead atoms. The highest BCUT2D eigenvalue weighted by Crippen LogP contribution is 2.24. The summed E-state index contributed by atoms with van der Waals surface area (Å²) in [4.78, 5) is 3.12. The van der Waals surface area contributed by atoms with E-state index in [1.54, 1.807) is 6.07 Å². The molecule has 1 N–H and O–H groups in total. The van der Waals surface area contributed by atoms with E-state index in [4.69, 9.17) is 0 Å². The zero-order chi connectivity index (χ0) is 11.5. The third-order valence-corrected chi connectivity index (χ3v) is 4.56. The fraction of sp³-hybridized carbons (Fsp3) is 0.538. The Hall–Kier alpha value is -0.540. The first-order chi connectivity index (χ1) is 7.65. The predicted octanol–water partition coefficient (Wildman–Crippen LogP) is 3.00. The largest absolute Gasteiger partial charge is 0.508 e. The molecule has 2 rings (SSSR count). The van der Waals surface area contributed by atoms with Gasteiger partial charge in [-0.1, -0.05) is 35.0 Å². The summed E-state index contributed by atoms with van der Waals surface area (Å²) in [5, 5.41) is 9.41. The molecule has 1 aliphatic heterocycles. The van der Waals surface area contributed by atoms with Gasteiger partial charge in [-0.15, -0.1) is 0 Å². The number of likely N-dealkylation sites (tertiary alicyclic amines) is 1. The number of phenolic OH excluding ortho intramolecular Hbond substituents is 1. The second kappa shape index (κ2) is 5.19. The van der Waals surface area contributed by atoms with E-state index in [1.807, 2.05) is 12.1 Å². The molecule has 0 saturated carbocycles. The van der Waals surface area contributed by atoms with E-state index in [2.05, 4.69) is 33.8 Å². The summed E-state index contributed by atoms with van der Waals surface area (Å²) in [7, 11) is 0. The first-order valence-corrected chi connectivity index (χ1v) is 6.71. The zero-order valence-electron chi connectivity index (χ0n) is 9.56. The quantitative estimate of drug-likeness (QED) is 0.844. The van der Waals surface area contributed by atoms with Gasteiger partial charge in [0.05, 0.1) is 0 Å². The molecule has 16 heavy (non-hydrogen) atoms. The SMILES string of the molecule is CC1CN(Cc2cccc(O)c2)CCC1Br. The fourth-order valence-electron chi connectivity index (χ4n) is 2.26. The maximum Gasteiger partial charge on any atom is 0.115 e. The Morgan fingerprint density at radius 3 is 3.00 bits per heavy atom. The van der Waals surface area contributed by atoms with E-state index in [0.29, 0.717) is 16.5 Å². The average molecular weight is 284 g/mol. The van der Waals surface area contributed by atoms with Gasteiger partial charge in [-0.25, -0.2) is 0 Å². The number of hydrogen-bond donors (Lipinski definition) is 1. The first kappa shape index (κ1) is 11.9. The van der Waals surface area contributed by atoms with Gasteiger partial charge in [-0.05, 0) is 36.6 Å². The van der Waals surface area contributed by atoms with Gasteiger partial charge in [0.1, 0.15) is 5.75 Å². The van der Waals surface area contributed by atoms with Gasteiger partial charge in [0.25, 0.3) is 0 Å². The predicted molar refractivity (Wildman–Crippen MR) is 69.9 cm³/mol. The molecule has 0 spiro atoms. The van der Waals surface area contributed by atoms with Crippen LogP contribution in [0.5, 0.6) is 5.75 Å². The van der Waals surface area contributed by atoms with Crippen molar-refractivity contribution in [3.8, 4) is 5.75 Å². The smallest absolute Gasteiger partial charge is 0.115 e. The van der Waals surface area contributed by atoms with Crippen molar-refractivity contribution in [1.29, 1.82) is 0 Å². The summed E-state index contributed by atoms with van der Waals surface area (Å²) in [5.41, 5.74) is 1.19. The number of nitrogens with zero attached hydrogens (tertiary/aromatic N) is 1. The van der Waals surface area contributed by atoms with Crippen LogP contribution in [-0.2, 0) is 6.54 Å². The topological polar surface area (TPSA) is 23.5 Å². The second-order valence-electron chi connectivity index (χ2n) is 4.69. The number of halogens is 1. The highest BCUT2D eigenvalue weighted by atomic mass is 79.9. The standard InChI is InChI=1S/C13H18BrNO/c1-10-8-15(6-5-13(10)14)9-11-3-2-4-12(16)7-11/h2-4,7,10,13,16H,5-6,8-9H2,1H3. The second-order valence-corrected chi connectivity index (χ2v) is 5.86. The Morgan fingerprint density at radius 1 is 1.50 bits per heavy atom. The fourth-order valence-corrected chi connectivity index (χ4v) is 2.63. The highest BCUT2D eigenvalue weighted by Gasteiger charge is 2.23. The van der Waals surface area contributed by atoms with Gasteiger partial charge < -0.3 is 5.11 Å². The van der Waals surface area contributed by atoms with Crippen molar-refractivity contribution in [3.63, 3.8) is 0 Å². The third-order valence-electron chi connectivity index (χ3n) is 3.20. The minimum atomic E-state index is 0.362. The molecular weight excluding hydrogens is 266 g/mol. The van der Waals surface area contributed by atoms with Crippen molar-refractivity contribution in [2.45, 2.75) is 24.7 Å². The number of piperidine rings is 1. The molecule has 1 aliphatic rings. The van der Waals surface area contributed by atoms with Crippen molar-refractivity contribution >= 4 is 15.9 Å². The Morgan fingerprint density at radius 2 is 2.31 bits per heavy atom. The Bertz CT molecular complexity index is 356. The lowest BCUT2D eigenvalue weighted by Crippen LogP contribution is -2.39. The Kier molecular flexibility index (Phi) is 3.87. The van der Waals surface area contributed by atoms with Crippen molar-refractivity contribution in [3.05, 3.63) is 29.8 Å². The van der Waals surface area contributed by atoms with Crippen LogP contribution in [0.2, 0.25) is 0 Å². The lowest BCUT2D eigenvalue weighted by Gasteiger charge is -2.34. The van der Waals surface area contributed by atoms with Crippen LogP contribution in [0.25, 0.3) is 0 Å². The van der Waals surface area contributed by atoms with Gasteiger partial charge in [0.15, 0.2) is 0 Å². The molecule has 88 valence electrons. The number of rotatable bonds is 2. The summed E-state index contributed by atoms with van der Waals surface area (Å²) in [6.07, 6.45) is 1.21. The van der Waals surface area contributed by atoms with E-state index in [0.717, 1.165) is 19.6 Å². The molecule has 0 amide bonds.